The van der Waals surface area contributed by atoms with Gasteiger partial charge in [-0.25, -0.2) is 0 Å². The number of halogens is 1. The Balaban J connectivity index is 1.91. The topological polar surface area (TPSA) is 38.9 Å². The lowest BCUT2D eigenvalue weighted by atomic mass is 9.92. The highest BCUT2D eigenvalue weighted by Gasteiger charge is 2.33. The molecule has 0 saturated heterocycles. The second-order valence-electron chi connectivity index (χ2n) is 4.22. The third kappa shape index (κ3) is 2.75. The van der Waals surface area contributed by atoms with Gasteiger partial charge in [-0.15, -0.1) is 10.2 Å². The van der Waals surface area contributed by atoms with Crippen molar-refractivity contribution in [3.05, 3.63) is 5.89 Å². The molecule has 0 spiro atoms. The average Bonchev–Trinajstić information content (AvgIpc) is 2.85. The van der Waals surface area contributed by atoms with Crippen molar-refractivity contribution in [2.24, 2.45) is 5.41 Å². The second kappa shape index (κ2) is 4.87. The van der Waals surface area contributed by atoms with Gasteiger partial charge in [0.1, 0.15) is 0 Å². The molecular weight excluding hydrogens is 276 g/mol. The van der Waals surface area contributed by atoms with Crippen LogP contribution in [0.15, 0.2) is 9.64 Å². The fourth-order valence-electron chi connectivity index (χ4n) is 1.99. The summed E-state index contributed by atoms with van der Waals surface area (Å²) in [6.45, 7) is 1.83. The molecule has 1 fully saturated rings. The zero-order valence-corrected chi connectivity index (χ0v) is 11.2. The van der Waals surface area contributed by atoms with Crippen LogP contribution in [0.1, 0.15) is 31.6 Å². The number of aryl methyl sites for hydroxylation is 1. The van der Waals surface area contributed by atoms with Crippen LogP contribution in [0, 0.1) is 12.3 Å². The molecule has 1 aliphatic rings. The van der Waals surface area contributed by atoms with Gasteiger partial charge in [-0.05, 0) is 18.3 Å². The first-order valence-corrected chi connectivity index (χ1v) is 7.34. The first-order valence-electron chi connectivity index (χ1n) is 5.23. The molecule has 1 aromatic rings. The monoisotopic (exact) mass is 290 g/mol. The number of alkyl halides is 1. The summed E-state index contributed by atoms with van der Waals surface area (Å²) >= 11 is 5.32. The van der Waals surface area contributed by atoms with E-state index in [9.17, 15) is 0 Å². The van der Waals surface area contributed by atoms with E-state index >= 15 is 0 Å². The van der Waals surface area contributed by atoms with Crippen LogP contribution >= 0.6 is 27.7 Å². The number of nitrogens with zero attached hydrogens (tertiary/aromatic N) is 2. The van der Waals surface area contributed by atoms with E-state index < -0.39 is 0 Å². The van der Waals surface area contributed by atoms with E-state index in [1.165, 1.54) is 25.7 Å². The molecule has 2 rings (SSSR count). The quantitative estimate of drug-likeness (QED) is 0.629. The Morgan fingerprint density at radius 2 is 2.13 bits per heavy atom. The molecule has 0 aliphatic heterocycles. The van der Waals surface area contributed by atoms with Crippen LogP contribution in [-0.2, 0) is 0 Å². The van der Waals surface area contributed by atoms with Crippen LogP contribution in [-0.4, -0.2) is 21.3 Å². The minimum atomic E-state index is 0.451. The van der Waals surface area contributed by atoms with Crippen molar-refractivity contribution in [3.63, 3.8) is 0 Å². The average molecular weight is 291 g/mol. The summed E-state index contributed by atoms with van der Waals surface area (Å²) in [5.74, 6) is 1.73. The fraction of sp³-hybridized carbons (Fsp3) is 0.800. The van der Waals surface area contributed by atoms with Gasteiger partial charge in [0.25, 0.3) is 5.22 Å². The number of hydrogen-bond acceptors (Lipinski definition) is 4. The van der Waals surface area contributed by atoms with Crippen LogP contribution in [0.5, 0.6) is 0 Å². The molecule has 0 radical (unpaired) electrons. The van der Waals surface area contributed by atoms with Crippen LogP contribution in [0.25, 0.3) is 0 Å². The molecule has 84 valence electrons. The molecular formula is C10H15BrN2OS. The Hall–Kier alpha value is -0.0300. The smallest absolute Gasteiger partial charge is 0.276 e. The minimum Gasteiger partial charge on any atom is -0.416 e. The van der Waals surface area contributed by atoms with Crippen LogP contribution in [0.2, 0.25) is 0 Å². The summed E-state index contributed by atoms with van der Waals surface area (Å²) in [4.78, 5) is 0. The molecule has 1 aliphatic carbocycles. The first-order chi connectivity index (χ1) is 7.24. The van der Waals surface area contributed by atoms with Gasteiger partial charge in [-0.3, -0.25) is 0 Å². The fourth-order valence-corrected chi connectivity index (χ4v) is 4.11. The van der Waals surface area contributed by atoms with E-state index in [1.807, 2.05) is 6.92 Å². The van der Waals surface area contributed by atoms with Gasteiger partial charge in [-0.2, -0.15) is 0 Å². The Morgan fingerprint density at radius 3 is 2.67 bits per heavy atom. The molecule has 5 heteroatoms. The second-order valence-corrected chi connectivity index (χ2v) is 5.70. The number of thioether (sulfide) groups is 1. The summed E-state index contributed by atoms with van der Waals surface area (Å²) in [5, 5.41) is 9.63. The van der Waals surface area contributed by atoms with Gasteiger partial charge in [0.05, 0.1) is 0 Å². The summed E-state index contributed by atoms with van der Waals surface area (Å²) in [7, 11) is 0. The number of rotatable bonds is 4. The third-order valence-electron chi connectivity index (χ3n) is 2.96. The zero-order valence-electron chi connectivity index (χ0n) is 8.83. The maximum absolute atomic E-state index is 5.36. The molecule has 0 unspecified atom stereocenters. The molecule has 15 heavy (non-hydrogen) atoms. The molecule has 1 saturated carbocycles. The lowest BCUT2D eigenvalue weighted by molar-refractivity contribution is 0.397. The maximum atomic E-state index is 5.36. The minimum absolute atomic E-state index is 0.451. The van der Waals surface area contributed by atoms with E-state index in [4.69, 9.17) is 4.42 Å². The SMILES string of the molecule is Cc1nnc(SCC2(CBr)CCCC2)o1. The molecule has 1 heterocycles. The van der Waals surface area contributed by atoms with Gasteiger partial charge >= 0.3 is 0 Å². The molecule has 0 atom stereocenters. The van der Waals surface area contributed by atoms with E-state index in [-0.39, 0.29) is 0 Å². The van der Waals surface area contributed by atoms with Crippen LogP contribution < -0.4 is 0 Å². The predicted octanol–water partition coefficient (Wildman–Crippen LogP) is 3.43. The summed E-state index contributed by atoms with van der Waals surface area (Å²) in [6, 6.07) is 0. The summed E-state index contributed by atoms with van der Waals surface area (Å²) in [5.41, 5.74) is 0.451. The van der Waals surface area contributed by atoms with Gasteiger partial charge in [0.15, 0.2) is 0 Å². The van der Waals surface area contributed by atoms with Gasteiger partial charge < -0.3 is 4.42 Å². The Morgan fingerprint density at radius 1 is 1.40 bits per heavy atom. The highest BCUT2D eigenvalue weighted by molar-refractivity contribution is 9.09. The normalized spacial score (nSPS) is 19.6. The Bertz CT molecular complexity index is 323. The third-order valence-corrected chi connectivity index (χ3v) is 5.32. The maximum Gasteiger partial charge on any atom is 0.276 e. The van der Waals surface area contributed by atoms with Crippen molar-refractivity contribution in [3.8, 4) is 0 Å². The van der Waals surface area contributed by atoms with Crippen molar-refractivity contribution in [2.75, 3.05) is 11.1 Å². The zero-order chi connectivity index (χ0) is 10.7. The molecule has 3 nitrogen and oxygen atoms in total. The van der Waals surface area contributed by atoms with Crippen LogP contribution in [0.3, 0.4) is 0 Å². The largest absolute Gasteiger partial charge is 0.416 e. The Kier molecular flexibility index (Phi) is 3.72. The standard InChI is InChI=1S/C10H15BrN2OS/c1-8-12-13-9(14-8)15-7-10(6-11)4-2-3-5-10/h2-7H2,1H3. The summed E-state index contributed by atoms with van der Waals surface area (Å²) in [6.07, 6.45) is 5.35. The number of aromatic nitrogens is 2. The van der Waals surface area contributed by atoms with Crippen molar-refractivity contribution < 1.29 is 4.42 Å². The van der Waals surface area contributed by atoms with Crippen LogP contribution in [0.4, 0.5) is 0 Å². The molecule has 1 aromatic heterocycles. The van der Waals surface area contributed by atoms with Gasteiger partial charge in [0, 0.05) is 18.0 Å². The van der Waals surface area contributed by atoms with E-state index in [0.717, 1.165) is 11.1 Å². The molecule has 0 aromatic carbocycles. The number of hydrogen-bond donors (Lipinski definition) is 0. The van der Waals surface area contributed by atoms with E-state index in [1.54, 1.807) is 11.8 Å². The molecule has 0 amide bonds. The highest BCUT2D eigenvalue weighted by atomic mass is 79.9. The first kappa shape index (κ1) is 11.5. The van der Waals surface area contributed by atoms with E-state index in [0.29, 0.717) is 16.5 Å². The van der Waals surface area contributed by atoms with Gasteiger partial charge in [0.2, 0.25) is 5.89 Å². The Labute approximate surface area is 103 Å². The van der Waals surface area contributed by atoms with Crippen molar-refractivity contribution in [2.45, 2.75) is 37.8 Å². The lowest BCUT2D eigenvalue weighted by Gasteiger charge is -2.24. The van der Waals surface area contributed by atoms with Crippen molar-refractivity contribution in [1.29, 1.82) is 0 Å². The van der Waals surface area contributed by atoms with E-state index in [2.05, 4.69) is 26.1 Å². The highest BCUT2D eigenvalue weighted by Crippen LogP contribution is 2.43. The summed E-state index contributed by atoms with van der Waals surface area (Å²) < 4.78 is 5.36. The predicted molar refractivity (Wildman–Crippen MR) is 64.5 cm³/mol. The molecule has 0 N–H and O–H groups in total. The lowest BCUT2D eigenvalue weighted by Crippen LogP contribution is -2.21. The van der Waals surface area contributed by atoms with Gasteiger partial charge in [-0.1, -0.05) is 40.5 Å². The van der Waals surface area contributed by atoms with Crippen molar-refractivity contribution >= 4 is 27.7 Å². The van der Waals surface area contributed by atoms with Crippen molar-refractivity contribution in [1.82, 2.24) is 10.2 Å². The molecule has 0 bridgehead atoms.